The molecule has 0 bridgehead atoms. The number of fused-ring (bicyclic) bond motifs is 2. The van der Waals surface area contributed by atoms with Gasteiger partial charge in [-0.25, -0.2) is 0 Å². The van der Waals surface area contributed by atoms with Gasteiger partial charge in [0.1, 0.15) is 0 Å². The zero-order valence-corrected chi connectivity index (χ0v) is 13.7. The van der Waals surface area contributed by atoms with Gasteiger partial charge in [0.25, 0.3) is 0 Å². The molecule has 4 heteroatoms. The fraction of sp³-hybridized carbons (Fsp3) is 1.00. The summed E-state index contributed by atoms with van der Waals surface area (Å²) in [5.74, 6) is 0.579. The average molecular weight is 293 g/mol. The number of hydrogen-bond acceptors (Lipinski definition) is 4. The lowest BCUT2D eigenvalue weighted by molar-refractivity contribution is -0.163. The van der Waals surface area contributed by atoms with Crippen molar-refractivity contribution in [1.82, 2.24) is 9.80 Å². The van der Waals surface area contributed by atoms with Crippen molar-refractivity contribution in [3.8, 4) is 0 Å². The van der Waals surface area contributed by atoms with Crippen LogP contribution in [0, 0.1) is 11.3 Å². The third-order valence-corrected chi connectivity index (χ3v) is 7.04. The zero-order valence-electron chi connectivity index (χ0n) is 13.7. The van der Waals surface area contributed by atoms with Gasteiger partial charge in [-0.05, 0) is 45.3 Å². The van der Waals surface area contributed by atoms with Crippen LogP contribution in [0.4, 0.5) is 0 Å². The molecular formula is C17H31N3O. The Morgan fingerprint density at radius 3 is 2.81 bits per heavy atom. The molecule has 3 aliphatic heterocycles. The molecule has 120 valence electrons. The highest BCUT2D eigenvalue weighted by Gasteiger charge is 2.67. The van der Waals surface area contributed by atoms with Gasteiger partial charge in [0.15, 0.2) is 0 Å². The third-order valence-electron chi connectivity index (χ3n) is 7.04. The summed E-state index contributed by atoms with van der Waals surface area (Å²) < 4.78 is 5.94. The number of nitrogens with two attached hydrogens (primary N) is 1. The van der Waals surface area contributed by atoms with Gasteiger partial charge in [-0.15, -0.1) is 0 Å². The van der Waals surface area contributed by atoms with E-state index in [-0.39, 0.29) is 11.0 Å². The van der Waals surface area contributed by atoms with Crippen LogP contribution in [0.3, 0.4) is 0 Å². The van der Waals surface area contributed by atoms with E-state index in [2.05, 4.69) is 23.6 Å². The molecule has 1 saturated carbocycles. The Bertz CT molecular complexity index is 413. The van der Waals surface area contributed by atoms with Gasteiger partial charge in [-0.1, -0.05) is 13.8 Å². The minimum absolute atomic E-state index is 0.0536. The minimum Gasteiger partial charge on any atom is -0.377 e. The van der Waals surface area contributed by atoms with Gasteiger partial charge < -0.3 is 10.5 Å². The van der Waals surface area contributed by atoms with E-state index < -0.39 is 0 Å². The molecule has 4 rings (SSSR count). The van der Waals surface area contributed by atoms with Crippen molar-refractivity contribution < 1.29 is 4.74 Å². The van der Waals surface area contributed by atoms with Crippen LogP contribution < -0.4 is 5.73 Å². The first-order chi connectivity index (χ1) is 10.0. The van der Waals surface area contributed by atoms with Crippen LogP contribution in [-0.2, 0) is 4.74 Å². The van der Waals surface area contributed by atoms with Crippen molar-refractivity contribution >= 4 is 0 Å². The highest BCUT2D eigenvalue weighted by molar-refractivity contribution is 5.21. The van der Waals surface area contributed by atoms with Gasteiger partial charge in [-0.3, -0.25) is 9.80 Å². The summed E-state index contributed by atoms with van der Waals surface area (Å²) in [7, 11) is 0. The van der Waals surface area contributed by atoms with E-state index in [9.17, 15) is 0 Å². The Balaban J connectivity index is 1.47. The number of hydrogen-bond donors (Lipinski definition) is 1. The smallest absolute Gasteiger partial charge is 0.0691 e. The fourth-order valence-corrected chi connectivity index (χ4v) is 5.59. The lowest BCUT2D eigenvalue weighted by Crippen LogP contribution is -2.78. The third kappa shape index (κ3) is 2.03. The molecule has 1 aliphatic carbocycles. The summed E-state index contributed by atoms with van der Waals surface area (Å²) >= 11 is 0. The van der Waals surface area contributed by atoms with E-state index in [1.54, 1.807) is 0 Å². The second-order valence-electron chi connectivity index (χ2n) is 8.37. The standard InChI is InChI=1S/C17H31N3O/c1-16(2)15-14(6-10-21-15)17(16,18)12-19-7-4-9-20-8-3-5-13(20)11-19/h13-15H,3-12,18H2,1-2H3. The Morgan fingerprint density at radius 1 is 1.14 bits per heavy atom. The minimum atomic E-state index is -0.0536. The van der Waals surface area contributed by atoms with E-state index in [4.69, 9.17) is 10.5 Å². The van der Waals surface area contributed by atoms with E-state index >= 15 is 0 Å². The summed E-state index contributed by atoms with van der Waals surface area (Å²) in [6.45, 7) is 11.7. The molecule has 3 saturated heterocycles. The Hall–Kier alpha value is -0.160. The summed E-state index contributed by atoms with van der Waals surface area (Å²) in [6, 6.07) is 0.787. The maximum Gasteiger partial charge on any atom is 0.0691 e. The Kier molecular flexibility index (Phi) is 3.38. The summed E-state index contributed by atoms with van der Waals surface area (Å²) in [5.41, 5.74) is 7.02. The molecule has 4 nitrogen and oxygen atoms in total. The van der Waals surface area contributed by atoms with E-state index in [0.717, 1.165) is 25.6 Å². The normalized spacial score (nSPS) is 46.7. The Morgan fingerprint density at radius 2 is 1.95 bits per heavy atom. The first-order valence-corrected chi connectivity index (χ1v) is 8.89. The maximum absolute atomic E-state index is 6.95. The average Bonchev–Trinajstić information content (AvgIpc) is 3.04. The zero-order chi connectivity index (χ0) is 14.7. The molecule has 0 aromatic heterocycles. The van der Waals surface area contributed by atoms with Crippen LogP contribution in [0.25, 0.3) is 0 Å². The van der Waals surface area contributed by atoms with Gasteiger partial charge in [-0.2, -0.15) is 0 Å². The van der Waals surface area contributed by atoms with Crippen LogP contribution in [0.1, 0.15) is 39.5 Å². The van der Waals surface area contributed by atoms with Gasteiger partial charge >= 0.3 is 0 Å². The van der Waals surface area contributed by atoms with Crippen LogP contribution in [-0.4, -0.2) is 66.8 Å². The lowest BCUT2D eigenvalue weighted by atomic mass is 9.48. The largest absolute Gasteiger partial charge is 0.377 e. The lowest BCUT2D eigenvalue weighted by Gasteiger charge is -2.63. The van der Waals surface area contributed by atoms with Crippen molar-refractivity contribution in [2.24, 2.45) is 17.1 Å². The summed E-state index contributed by atoms with van der Waals surface area (Å²) in [5, 5.41) is 0. The molecule has 0 spiro atoms. The molecule has 0 radical (unpaired) electrons. The molecule has 0 aromatic rings. The molecule has 21 heavy (non-hydrogen) atoms. The topological polar surface area (TPSA) is 41.7 Å². The van der Waals surface area contributed by atoms with Gasteiger partial charge in [0.05, 0.1) is 6.10 Å². The first kappa shape index (κ1) is 14.4. The molecule has 2 N–H and O–H groups in total. The number of rotatable bonds is 2. The molecule has 0 amide bonds. The van der Waals surface area contributed by atoms with Crippen molar-refractivity contribution in [3.63, 3.8) is 0 Å². The quantitative estimate of drug-likeness (QED) is 0.833. The van der Waals surface area contributed by atoms with Crippen LogP contribution >= 0.6 is 0 Å². The van der Waals surface area contributed by atoms with Crippen molar-refractivity contribution in [3.05, 3.63) is 0 Å². The first-order valence-electron chi connectivity index (χ1n) is 8.89. The second kappa shape index (κ2) is 4.92. The van der Waals surface area contributed by atoms with Crippen molar-refractivity contribution in [2.45, 2.75) is 57.2 Å². The van der Waals surface area contributed by atoms with E-state index in [0.29, 0.717) is 12.0 Å². The Labute approximate surface area is 129 Å². The molecule has 3 heterocycles. The molecular weight excluding hydrogens is 262 g/mol. The molecule has 4 fully saturated rings. The highest BCUT2D eigenvalue weighted by Crippen LogP contribution is 2.58. The van der Waals surface area contributed by atoms with E-state index in [1.165, 1.54) is 45.4 Å². The number of nitrogens with zero attached hydrogens (tertiary/aromatic N) is 2. The molecule has 4 aliphatic rings. The molecule has 4 unspecified atom stereocenters. The van der Waals surface area contributed by atoms with Gasteiger partial charge in [0, 0.05) is 42.6 Å². The highest BCUT2D eigenvalue weighted by atomic mass is 16.5. The summed E-state index contributed by atoms with van der Waals surface area (Å²) in [6.07, 6.45) is 5.63. The second-order valence-corrected chi connectivity index (χ2v) is 8.37. The SMILES string of the molecule is CC1(C)C2OCCC2C1(N)CN1CCCN2CCCC2C1. The maximum atomic E-state index is 6.95. The van der Waals surface area contributed by atoms with Crippen LogP contribution in [0.5, 0.6) is 0 Å². The number of ether oxygens (including phenoxy) is 1. The molecule has 0 aromatic carbocycles. The van der Waals surface area contributed by atoms with Crippen LogP contribution in [0.15, 0.2) is 0 Å². The van der Waals surface area contributed by atoms with Crippen molar-refractivity contribution in [1.29, 1.82) is 0 Å². The predicted molar refractivity (Wildman–Crippen MR) is 84.2 cm³/mol. The monoisotopic (exact) mass is 293 g/mol. The van der Waals surface area contributed by atoms with Gasteiger partial charge in [0.2, 0.25) is 0 Å². The molecule has 4 atom stereocenters. The predicted octanol–water partition coefficient (Wildman–Crippen LogP) is 1.30. The van der Waals surface area contributed by atoms with Crippen LogP contribution in [0.2, 0.25) is 0 Å². The van der Waals surface area contributed by atoms with E-state index in [1.807, 2.05) is 0 Å². The summed E-state index contributed by atoms with van der Waals surface area (Å²) in [4.78, 5) is 5.38. The van der Waals surface area contributed by atoms with Crippen molar-refractivity contribution in [2.75, 3.05) is 39.3 Å². The fourth-order valence-electron chi connectivity index (χ4n) is 5.59.